The van der Waals surface area contributed by atoms with Gasteiger partial charge >= 0.3 is 0 Å². The van der Waals surface area contributed by atoms with Gasteiger partial charge in [0.15, 0.2) is 0 Å². The molecule has 0 amide bonds. The zero-order valence-corrected chi connectivity index (χ0v) is 13.9. The van der Waals surface area contributed by atoms with E-state index in [0.29, 0.717) is 0 Å². The van der Waals surface area contributed by atoms with Crippen molar-refractivity contribution < 1.29 is 0 Å². The van der Waals surface area contributed by atoms with Crippen LogP contribution in [0.25, 0.3) is 0 Å². The van der Waals surface area contributed by atoms with Gasteiger partial charge in [0, 0.05) is 33.8 Å². The molecule has 0 aliphatic carbocycles. The highest BCUT2D eigenvalue weighted by Crippen LogP contribution is 2.25. The fourth-order valence-corrected chi connectivity index (χ4v) is 2.99. The molecule has 1 atom stereocenters. The van der Waals surface area contributed by atoms with Crippen molar-refractivity contribution in [3.63, 3.8) is 0 Å². The van der Waals surface area contributed by atoms with Crippen LogP contribution in [0.15, 0.2) is 24.3 Å². The molecule has 0 radical (unpaired) electrons. The Hall–Kier alpha value is -0.590. The minimum absolute atomic E-state index is 0.0642. The SMILES string of the molecule is CCc1cc(CC(N)c2cc(Cl)ccc2I)n(C)n1. The minimum Gasteiger partial charge on any atom is -0.324 e. The van der Waals surface area contributed by atoms with Crippen molar-refractivity contribution in [2.45, 2.75) is 25.8 Å². The highest BCUT2D eigenvalue weighted by Gasteiger charge is 2.14. The predicted octanol–water partition coefficient (Wildman–Crippen LogP) is 3.48. The molecule has 0 saturated heterocycles. The molecule has 5 heteroatoms. The average molecular weight is 390 g/mol. The fraction of sp³-hybridized carbons (Fsp3) is 0.357. The van der Waals surface area contributed by atoms with Crippen molar-refractivity contribution in [3.8, 4) is 0 Å². The Morgan fingerprint density at radius 1 is 1.42 bits per heavy atom. The lowest BCUT2D eigenvalue weighted by Gasteiger charge is -2.14. The van der Waals surface area contributed by atoms with E-state index in [-0.39, 0.29) is 6.04 Å². The first-order valence-corrected chi connectivity index (χ1v) is 7.69. The smallest absolute Gasteiger partial charge is 0.0624 e. The fourth-order valence-electron chi connectivity index (χ4n) is 2.07. The van der Waals surface area contributed by atoms with Crippen molar-refractivity contribution in [1.29, 1.82) is 0 Å². The van der Waals surface area contributed by atoms with Gasteiger partial charge < -0.3 is 5.73 Å². The largest absolute Gasteiger partial charge is 0.324 e. The number of halogens is 2. The Kier molecular flexibility index (Phi) is 4.86. The van der Waals surface area contributed by atoms with Gasteiger partial charge in [0.1, 0.15) is 0 Å². The average Bonchev–Trinajstić information content (AvgIpc) is 2.73. The Bertz CT molecular complexity index is 580. The summed E-state index contributed by atoms with van der Waals surface area (Å²) in [5.41, 5.74) is 9.66. The maximum Gasteiger partial charge on any atom is 0.0624 e. The summed E-state index contributed by atoms with van der Waals surface area (Å²) in [6.45, 7) is 2.10. The maximum absolute atomic E-state index is 6.31. The zero-order chi connectivity index (χ0) is 14.0. The molecule has 1 aromatic carbocycles. The maximum atomic E-state index is 6.31. The van der Waals surface area contributed by atoms with E-state index >= 15 is 0 Å². The van der Waals surface area contributed by atoms with E-state index in [2.05, 4.69) is 40.7 Å². The van der Waals surface area contributed by atoms with Crippen LogP contribution in [-0.4, -0.2) is 9.78 Å². The predicted molar refractivity (Wildman–Crippen MR) is 87.4 cm³/mol. The number of hydrogen-bond donors (Lipinski definition) is 1. The number of aromatic nitrogens is 2. The van der Waals surface area contributed by atoms with Gasteiger partial charge in [-0.15, -0.1) is 0 Å². The van der Waals surface area contributed by atoms with Crippen LogP contribution in [0.3, 0.4) is 0 Å². The summed E-state index contributed by atoms with van der Waals surface area (Å²) in [6, 6.07) is 7.89. The van der Waals surface area contributed by atoms with Crippen LogP contribution in [0, 0.1) is 3.57 Å². The third kappa shape index (κ3) is 3.49. The molecule has 0 fully saturated rings. The first-order chi connectivity index (χ1) is 9.01. The number of nitrogens with two attached hydrogens (primary N) is 1. The number of rotatable bonds is 4. The Morgan fingerprint density at radius 2 is 2.16 bits per heavy atom. The van der Waals surface area contributed by atoms with Crippen molar-refractivity contribution in [3.05, 3.63) is 49.8 Å². The normalized spacial score (nSPS) is 12.7. The van der Waals surface area contributed by atoms with Gasteiger partial charge in [-0.25, -0.2) is 0 Å². The van der Waals surface area contributed by atoms with Gasteiger partial charge in [0.05, 0.1) is 5.69 Å². The molecule has 19 heavy (non-hydrogen) atoms. The van der Waals surface area contributed by atoms with Crippen LogP contribution in [0.4, 0.5) is 0 Å². The Morgan fingerprint density at radius 3 is 2.79 bits per heavy atom. The van der Waals surface area contributed by atoms with Crippen LogP contribution < -0.4 is 5.73 Å². The summed E-state index contributed by atoms with van der Waals surface area (Å²) in [5, 5.41) is 5.18. The molecule has 102 valence electrons. The summed E-state index contributed by atoms with van der Waals surface area (Å²) in [7, 11) is 1.96. The second-order valence-electron chi connectivity index (χ2n) is 4.58. The van der Waals surface area contributed by atoms with Crippen molar-refractivity contribution in [2.24, 2.45) is 12.8 Å². The molecule has 0 saturated carbocycles. The van der Waals surface area contributed by atoms with E-state index in [4.69, 9.17) is 17.3 Å². The molecule has 3 nitrogen and oxygen atoms in total. The standard InChI is InChI=1S/C14H17ClIN3/c1-3-10-7-11(19(2)18-10)8-14(17)12-6-9(15)4-5-13(12)16/h4-7,14H,3,8,17H2,1-2H3. The number of aryl methyl sites for hydroxylation is 2. The molecule has 0 bridgehead atoms. The summed E-state index contributed by atoms with van der Waals surface area (Å²) in [5.74, 6) is 0. The van der Waals surface area contributed by atoms with E-state index in [1.807, 2.05) is 29.9 Å². The highest BCUT2D eigenvalue weighted by molar-refractivity contribution is 14.1. The lowest BCUT2D eigenvalue weighted by Crippen LogP contribution is -2.16. The monoisotopic (exact) mass is 389 g/mol. The van der Waals surface area contributed by atoms with Gasteiger partial charge in [-0.1, -0.05) is 18.5 Å². The van der Waals surface area contributed by atoms with Crippen LogP contribution in [0.1, 0.15) is 29.9 Å². The molecule has 2 aromatic rings. The van der Waals surface area contributed by atoms with Crippen LogP contribution in [-0.2, 0) is 19.9 Å². The molecule has 1 unspecified atom stereocenters. The highest BCUT2D eigenvalue weighted by atomic mass is 127. The molecule has 2 N–H and O–H groups in total. The molecule has 2 rings (SSSR count). The molecule has 1 aromatic heterocycles. The molecule has 0 aliphatic heterocycles. The topological polar surface area (TPSA) is 43.8 Å². The quantitative estimate of drug-likeness (QED) is 0.814. The Labute approximate surface area is 132 Å². The number of nitrogens with zero attached hydrogens (tertiary/aromatic N) is 2. The summed E-state index contributed by atoms with van der Waals surface area (Å²) in [4.78, 5) is 0. The van der Waals surface area contributed by atoms with Crippen molar-refractivity contribution in [2.75, 3.05) is 0 Å². The van der Waals surface area contributed by atoms with E-state index in [1.54, 1.807) is 0 Å². The first-order valence-electron chi connectivity index (χ1n) is 6.23. The molecule has 0 spiro atoms. The van der Waals surface area contributed by atoms with E-state index in [0.717, 1.165) is 38.4 Å². The van der Waals surface area contributed by atoms with Gasteiger partial charge in [-0.2, -0.15) is 5.10 Å². The minimum atomic E-state index is -0.0642. The summed E-state index contributed by atoms with van der Waals surface area (Å²) < 4.78 is 3.06. The molecular formula is C14H17ClIN3. The molecule has 1 heterocycles. The Balaban J connectivity index is 2.22. The van der Waals surface area contributed by atoms with Gasteiger partial charge in [-0.05, 0) is 58.8 Å². The van der Waals surface area contributed by atoms with Gasteiger partial charge in [0.25, 0.3) is 0 Å². The number of benzene rings is 1. The van der Waals surface area contributed by atoms with Gasteiger partial charge in [0.2, 0.25) is 0 Å². The van der Waals surface area contributed by atoms with E-state index in [9.17, 15) is 0 Å². The van der Waals surface area contributed by atoms with Crippen molar-refractivity contribution >= 4 is 34.2 Å². The van der Waals surface area contributed by atoms with Crippen molar-refractivity contribution in [1.82, 2.24) is 9.78 Å². The van der Waals surface area contributed by atoms with Crippen LogP contribution >= 0.6 is 34.2 Å². The first kappa shape index (κ1) is 14.8. The second kappa shape index (κ2) is 6.24. The third-order valence-electron chi connectivity index (χ3n) is 3.18. The van der Waals surface area contributed by atoms with Crippen LogP contribution in [0.2, 0.25) is 5.02 Å². The lowest BCUT2D eigenvalue weighted by atomic mass is 10.0. The number of hydrogen-bond acceptors (Lipinski definition) is 2. The lowest BCUT2D eigenvalue weighted by molar-refractivity contribution is 0.636. The zero-order valence-electron chi connectivity index (χ0n) is 11.0. The van der Waals surface area contributed by atoms with Gasteiger partial charge in [-0.3, -0.25) is 4.68 Å². The van der Waals surface area contributed by atoms with Crippen LogP contribution in [0.5, 0.6) is 0 Å². The van der Waals surface area contributed by atoms with E-state index < -0.39 is 0 Å². The third-order valence-corrected chi connectivity index (χ3v) is 4.39. The summed E-state index contributed by atoms with van der Waals surface area (Å²) in [6.07, 6.45) is 1.71. The van der Waals surface area contributed by atoms with E-state index in [1.165, 1.54) is 0 Å². The summed E-state index contributed by atoms with van der Waals surface area (Å²) >= 11 is 8.34. The molecule has 0 aliphatic rings. The molecular weight excluding hydrogens is 373 g/mol. The second-order valence-corrected chi connectivity index (χ2v) is 6.18.